The summed E-state index contributed by atoms with van der Waals surface area (Å²) in [6, 6.07) is 8.11. The summed E-state index contributed by atoms with van der Waals surface area (Å²) in [5, 5.41) is 7.10. The first-order chi connectivity index (χ1) is 12.9. The first kappa shape index (κ1) is 17.1. The van der Waals surface area contributed by atoms with Gasteiger partial charge in [-0.25, -0.2) is 4.98 Å². The zero-order valence-corrected chi connectivity index (χ0v) is 15.7. The van der Waals surface area contributed by atoms with Crippen molar-refractivity contribution in [1.82, 2.24) is 20.6 Å². The van der Waals surface area contributed by atoms with Crippen LogP contribution in [-0.4, -0.2) is 22.9 Å². The number of rotatable bonds is 4. The summed E-state index contributed by atoms with van der Waals surface area (Å²) in [6.07, 6.45) is 7.51. The lowest BCUT2D eigenvalue weighted by molar-refractivity contribution is 0.0940. The summed E-state index contributed by atoms with van der Waals surface area (Å²) < 4.78 is 0. The number of hydrogen-bond donors (Lipinski definition) is 3. The number of carbonyl (C=O) groups excluding carboxylic acids is 1. The van der Waals surface area contributed by atoms with E-state index in [4.69, 9.17) is 0 Å². The molecule has 3 aromatic rings. The van der Waals surface area contributed by atoms with Crippen molar-refractivity contribution in [1.29, 1.82) is 0 Å². The maximum atomic E-state index is 12.2. The molecule has 4 rings (SSSR count). The van der Waals surface area contributed by atoms with Gasteiger partial charge in [-0.05, 0) is 48.7 Å². The molecule has 3 N–H and O–H groups in total. The van der Waals surface area contributed by atoms with Crippen LogP contribution >= 0.6 is 0 Å². The van der Waals surface area contributed by atoms with Crippen molar-refractivity contribution < 1.29 is 4.79 Å². The normalized spacial score (nSPS) is 15.5. The van der Waals surface area contributed by atoms with Crippen LogP contribution in [0.25, 0.3) is 27.7 Å². The molecule has 0 bridgehead atoms. The minimum absolute atomic E-state index is 0.0164. The van der Waals surface area contributed by atoms with Crippen molar-refractivity contribution in [3.05, 3.63) is 72.2 Å². The standard InChI is InChI=1S/C22H22N4O/c1-5-13(10-23-4)15-8-17-18(12-25-20(17)24-11-15)14-6-7-16-19(9-14)22(2,3)26-21(16)27/h5-12,23H,1H2,2-4H3,(H,24,25)(H,26,27)/b13-10+. The molecule has 0 saturated heterocycles. The van der Waals surface area contributed by atoms with Gasteiger partial charge in [-0.15, -0.1) is 0 Å². The van der Waals surface area contributed by atoms with Crippen LogP contribution in [0.2, 0.25) is 0 Å². The maximum absolute atomic E-state index is 12.2. The van der Waals surface area contributed by atoms with Gasteiger partial charge in [-0.3, -0.25) is 4.79 Å². The summed E-state index contributed by atoms with van der Waals surface area (Å²) in [4.78, 5) is 20.0. The number of carbonyl (C=O) groups is 1. The Labute approximate surface area is 158 Å². The van der Waals surface area contributed by atoms with Crippen LogP contribution in [0, 0.1) is 0 Å². The molecule has 0 radical (unpaired) electrons. The number of H-pyrrole nitrogens is 1. The van der Waals surface area contributed by atoms with Gasteiger partial charge >= 0.3 is 0 Å². The third-order valence-corrected chi connectivity index (χ3v) is 5.06. The molecule has 0 saturated carbocycles. The Morgan fingerprint density at radius 2 is 2.07 bits per heavy atom. The molecule has 5 heteroatoms. The van der Waals surface area contributed by atoms with Crippen LogP contribution in [-0.2, 0) is 5.54 Å². The number of aromatic amines is 1. The first-order valence-corrected chi connectivity index (χ1v) is 8.89. The van der Waals surface area contributed by atoms with Gasteiger partial charge in [0, 0.05) is 47.7 Å². The molecule has 0 fully saturated rings. The monoisotopic (exact) mass is 358 g/mol. The Morgan fingerprint density at radius 3 is 2.81 bits per heavy atom. The average Bonchev–Trinajstić information content (AvgIpc) is 3.17. The highest BCUT2D eigenvalue weighted by Crippen LogP contribution is 2.36. The third-order valence-electron chi connectivity index (χ3n) is 5.06. The van der Waals surface area contributed by atoms with E-state index in [-0.39, 0.29) is 11.4 Å². The molecule has 27 heavy (non-hydrogen) atoms. The van der Waals surface area contributed by atoms with E-state index in [1.807, 2.05) is 51.6 Å². The molecule has 2 aromatic heterocycles. The summed E-state index contributed by atoms with van der Waals surface area (Å²) >= 11 is 0. The maximum Gasteiger partial charge on any atom is 0.252 e. The number of aromatic nitrogens is 2. The third kappa shape index (κ3) is 2.72. The summed E-state index contributed by atoms with van der Waals surface area (Å²) in [6.45, 7) is 7.93. The van der Waals surface area contributed by atoms with E-state index in [0.29, 0.717) is 0 Å². The highest BCUT2D eigenvalue weighted by Gasteiger charge is 2.35. The Balaban J connectivity index is 1.87. The second-order valence-electron chi connectivity index (χ2n) is 7.25. The first-order valence-electron chi connectivity index (χ1n) is 8.89. The fourth-order valence-electron chi connectivity index (χ4n) is 3.66. The molecule has 1 aromatic carbocycles. The zero-order chi connectivity index (χ0) is 19.2. The Bertz CT molecular complexity index is 1100. The molecule has 1 aliphatic rings. The zero-order valence-electron chi connectivity index (χ0n) is 15.7. The lowest BCUT2D eigenvalue weighted by Crippen LogP contribution is -2.32. The van der Waals surface area contributed by atoms with Crippen molar-refractivity contribution in [3.8, 4) is 11.1 Å². The molecular formula is C22H22N4O. The quantitative estimate of drug-likeness (QED) is 0.619. The van der Waals surface area contributed by atoms with Crippen LogP contribution in [0.1, 0.15) is 35.3 Å². The number of nitrogens with zero attached hydrogens (tertiary/aromatic N) is 1. The Hall–Kier alpha value is -3.34. The van der Waals surface area contributed by atoms with E-state index < -0.39 is 0 Å². The summed E-state index contributed by atoms with van der Waals surface area (Å²) in [5.74, 6) is -0.0164. The lowest BCUT2D eigenvalue weighted by atomic mass is 9.91. The number of benzene rings is 1. The van der Waals surface area contributed by atoms with E-state index in [9.17, 15) is 4.79 Å². The molecule has 136 valence electrons. The number of allylic oxidation sites excluding steroid dienone is 2. The number of fused-ring (bicyclic) bond motifs is 2. The van der Waals surface area contributed by atoms with E-state index in [0.717, 1.165) is 44.4 Å². The fourth-order valence-corrected chi connectivity index (χ4v) is 3.66. The molecular weight excluding hydrogens is 336 g/mol. The van der Waals surface area contributed by atoms with Gasteiger partial charge < -0.3 is 15.6 Å². The molecule has 3 heterocycles. The average molecular weight is 358 g/mol. The van der Waals surface area contributed by atoms with Gasteiger partial charge in [0.05, 0.1) is 5.54 Å². The van der Waals surface area contributed by atoms with Crippen LogP contribution in [0.3, 0.4) is 0 Å². The molecule has 0 aliphatic carbocycles. The topological polar surface area (TPSA) is 69.8 Å². The van der Waals surface area contributed by atoms with Gasteiger partial charge in [0.25, 0.3) is 5.91 Å². The SMILES string of the molecule is C=C/C(=C\NC)c1cnc2[nH]cc(-c3ccc4c(c3)C(C)(C)NC4=O)c2c1. The number of hydrogen-bond acceptors (Lipinski definition) is 3. The molecule has 1 amide bonds. The predicted octanol–water partition coefficient (Wildman–Crippen LogP) is 3.95. The second-order valence-corrected chi connectivity index (χ2v) is 7.25. The largest absolute Gasteiger partial charge is 0.393 e. The summed E-state index contributed by atoms with van der Waals surface area (Å²) in [7, 11) is 1.86. The molecule has 1 aliphatic heterocycles. The van der Waals surface area contributed by atoms with Crippen molar-refractivity contribution in [3.63, 3.8) is 0 Å². The van der Waals surface area contributed by atoms with Crippen molar-refractivity contribution in [2.75, 3.05) is 7.05 Å². The number of pyridine rings is 1. The fraction of sp³-hybridized carbons (Fsp3) is 0.182. The smallest absolute Gasteiger partial charge is 0.252 e. The van der Waals surface area contributed by atoms with Crippen molar-refractivity contribution in [2.24, 2.45) is 0 Å². The van der Waals surface area contributed by atoms with Gasteiger partial charge in [-0.1, -0.05) is 18.7 Å². The van der Waals surface area contributed by atoms with E-state index in [1.54, 1.807) is 6.08 Å². The molecule has 0 unspecified atom stereocenters. The van der Waals surface area contributed by atoms with Crippen LogP contribution < -0.4 is 10.6 Å². The van der Waals surface area contributed by atoms with E-state index >= 15 is 0 Å². The molecule has 5 nitrogen and oxygen atoms in total. The van der Waals surface area contributed by atoms with Crippen molar-refractivity contribution >= 4 is 22.5 Å². The van der Waals surface area contributed by atoms with Gasteiger partial charge in [-0.2, -0.15) is 0 Å². The van der Waals surface area contributed by atoms with Gasteiger partial charge in [0.1, 0.15) is 5.65 Å². The van der Waals surface area contributed by atoms with Crippen LogP contribution in [0.15, 0.2) is 55.5 Å². The Morgan fingerprint density at radius 1 is 1.26 bits per heavy atom. The highest BCUT2D eigenvalue weighted by atomic mass is 16.2. The van der Waals surface area contributed by atoms with E-state index in [2.05, 4.69) is 39.3 Å². The second kappa shape index (κ2) is 6.13. The van der Waals surface area contributed by atoms with Crippen LogP contribution in [0.4, 0.5) is 0 Å². The molecule has 0 spiro atoms. The van der Waals surface area contributed by atoms with Gasteiger partial charge in [0.15, 0.2) is 0 Å². The van der Waals surface area contributed by atoms with E-state index in [1.165, 1.54) is 0 Å². The van der Waals surface area contributed by atoms with Crippen molar-refractivity contribution in [2.45, 2.75) is 19.4 Å². The number of nitrogens with one attached hydrogen (secondary N) is 3. The summed E-state index contributed by atoms with van der Waals surface area (Å²) in [5.41, 5.74) is 6.30. The Kier molecular flexibility index (Phi) is 3.88. The van der Waals surface area contributed by atoms with Crippen LogP contribution in [0.5, 0.6) is 0 Å². The number of amides is 1. The lowest BCUT2D eigenvalue weighted by Gasteiger charge is -2.19. The highest BCUT2D eigenvalue weighted by molar-refractivity contribution is 6.02. The minimum atomic E-state index is -0.372. The van der Waals surface area contributed by atoms with Gasteiger partial charge in [0.2, 0.25) is 0 Å². The molecule has 0 atom stereocenters. The predicted molar refractivity (Wildman–Crippen MR) is 109 cm³/mol. The minimum Gasteiger partial charge on any atom is -0.393 e.